The highest BCUT2D eigenvalue weighted by atomic mass is 79.9. The van der Waals surface area contributed by atoms with Gasteiger partial charge in [0.25, 0.3) is 5.69 Å². The zero-order valence-corrected chi connectivity index (χ0v) is 12.5. The summed E-state index contributed by atoms with van der Waals surface area (Å²) in [7, 11) is 1.42. The van der Waals surface area contributed by atoms with Gasteiger partial charge in [0, 0.05) is 19.2 Å². The molecule has 2 N–H and O–H groups in total. The maximum absolute atomic E-state index is 10.8. The maximum atomic E-state index is 10.8. The van der Waals surface area contributed by atoms with E-state index < -0.39 is 17.0 Å². The lowest BCUT2D eigenvalue weighted by atomic mass is 10.2. The van der Waals surface area contributed by atoms with E-state index in [9.17, 15) is 14.9 Å². The fourth-order valence-electron chi connectivity index (χ4n) is 1.52. The summed E-state index contributed by atoms with van der Waals surface area (Å²) in [5, 5.41) is 22.4. The first-order valence-electron chi connectivity index (χ1n) is 5.64. The lowest BCUT2D eigenvalue weighted by molar-refractivity contribution is -0.385. The van der Waals surface area contributed by atoms with Crippen molar-refractivity contribution in [3.8, 4) is 0 Å². The molecule has 1 heterocycles. The number of carboxylic acids is 1. The van der Waals surface area contributed by atoms with Crippen LogP contribution in [-0.4, -0.2) is 40.7 Å². The molecule has 1 rings (SSSR count). The summed E-state index contributed by atoms with van der Waals surface area (Å²) in [6.07, 6.45) is 0.492. The molecule has 0 spiro atoms. The second-order valence-electron chi connectivity index (χ2n) is 4.02. The predicted octanol–water partition coefficient (Wildman–Crippen LogP) is 1.96. The third-order valence-corrected chi connectivity index (χ3v) is 3.64. The van der Waals surface area contributed by atoms with Crippen LogP contribution in [0, 0.1) is 17.0 Å². The Morgan fingerprint density at radius 1 is 1.70 bits per heavy atom. The van der Waals surface area contributed by atoms with Crippen LogP contribution in [0.25, 0.3) is 0 Å². The van der Waals surface area contributed by atoms with Crippen LogP contribution in [0.5, 0.6) is 0 Å². The van der Waals surface area contributed by atoms with Crippen LogP contribution in [0.4, 0.5) is 11.5 Å². The molecule has 20 heavy (non-hydrogen) atoms. The number of aromatic nitrogens is 1. The minimum absolute atomic E-state index is 0.0868. The molecule has 1 aromatic rings. The van der Waals surface area contributed by atoms with Gasteiger partial charge in [0.15, 0.2) is 0 Å². The number of aliphatic carboxylic acids is 1. The Morgan fingerprint density at radius 3 is 2.85 bits per heavy atom. The van der Waals surface area contributed by atoms with E-state index in [1.807, 2.05) is 0 Å². The number of carboxylic acid groups (broad SMARTS) is 1. The number of nitrogens with zero attached hydrogens (tertiary/aromatic N) is 2. The molecule has 1 atom stereocenters. The summed E-state index contributed by atoms with van der Waals surface area (Å²) in [5.41, 5.74) is 0.357. The fraction of sp³-hybridized carbons (Fsp3) is 0.455. The minimum atomic E-state index is -0.967. The van der Waals surface area contributed by atoms with Crippen molar-refractivity contribution in [2.45, 2.75) is 19.4 Å². The van der Waals surface area contributed by atoms with Gasteiger partial charge in [-0.3, -0.25) is 14.9 Å². The van der Waals surface area contributed by atoms with Crippen molar-refractivity contribution in [1.82, 2.24) is 4.98 Å². The van der Waals surface area contributed by atoms with Crippen molar-refractivity contribution in [1.29, 1.82) is 0 Å². The van der Waals surface area contributed by atoms with Gasteiger partial charge in [0.1, 0.15) is 12.0 Å². The van der Waals surface area contributed by atoms with E-state index in [1.54, 1.807) is 6.92 Å². The Bertz CT molecular complexity index is 523. The minimum Gasteiger partial charge on any atom is -0.481 e. The predicted molar refractivity (Wildman–Crippen MR) is 74.9 cm³/mol. The molecule has 110 valence electrons. The summed E-state index contributed by atoms with van der Waals surface area (Å²) in [4.78, 5) is 24.8. The number of ether oxygens (including phenoxy) is 1. The molecule has 0 fully saturated rings. The van der Waals surface area contributed by atoms with Gasteiger partial charge >= 0.3 is 5.97 Å². The smallest absolute Gasteiger partial charge is 0.306 e. The Morgan fingerprint density at radius 2 is 2.35 bits per heavy atom. The van der Waals surface area contributed by atoms with Crippen LogP contribution in [0.3, 0.4) is 0 Å². The highest BCUT2D eigenvalue weighted by Crippen LogP contribution is 2.30. The van der Waals surface area contributed by atoms with Gasteiger partial charge < -0.3 is 15.2 Å². The Hall–Kier alpha value is -1.74. The first-order chi connectivity index (χ1) is 9.36. The van der Waals surface area contributed by atoms with E-state index in [2.05, 4.69) is 26.2 Å². The zero-order chi connectivity index (χ0) is 15.3. The monoisotopic (exact) mass is 347 g/mol. The largest absolute Gasteiger partial charge is 0.481 e. The Labute approximate surface area is 123 Å². The summed E-state index contributed by atoms with van der Waals surface area (Å²) < 4.78 is 5.49. The highest BCUT2D eigenvalue weighted by Gasteiger charge is 2.18. The van der Waals surface area contributed by atoms with E-state index in [-0.39, 0.29) is 18.7 Å². The van der Waals surface area contributed by atoms with Gasteiger partial charge in [-0.15, -0.1) is 0 Å². The van der Waals surface area contributed by atoms with Gasteiger partial charge in [-0.1, -0.05) is 0 Å². The normalized spacial score (nSPS) is 11.9. The molecule has 0 saturated carbocycles. The zero-order valence-electron chi connectivity index (χ0n) is 10.9. The number of nitrogens with one attached hydrogen (secondary N) is 1. The van der Waals surface area contributed by atoms with Crippen LogP contribution in [0.2, 0.25) is 0 Å². The van der Waals surface area contributed by atoms with Crippen molar-refractivity contribution in [3.63, 3.8) is 0 Å². The molecular weight excluding hydrogens is 334 g/mol. The lowest BCUT2D eigenvalue weighted by Gasteiger charge is -2.15. The number of methoxy groups -OCH3 is 1. The molecule has 1 aromatic heterocycles. The number of nitro groups is 1. The molecule has 9 heteroatoms. The number of hydrogen-bond acceptors (Lipinski definition) is 6. The molecule has 0 aliphatic heterocycles. The second kappa shape index (κ2) is 7.15. The van der Waals surface area contributed by atoms with Gasteiger partial charge in [-0.05, 0) is 22.9 Å². The van der Waals surface area contributed by atoms with Crippen LogP contribution >= 0.6 is 15.9 Å². The summed E-state index contributed by atoms with van der Waals surface area (Å²) in [6, 6.07) is 0. The molecular formula is C11H14BrN3O5. The maximum Gasteiger partial charge on any atom is 0.306 e. The SMILES string of the molecule is COC(CNc1ncc([N+](=O)[O-])c(C)c1Br)CC(=O)O. The Balaban J connectivity index is 2.81. The molecule has 0 aliphatic rings. The van der Waals surface area contributed by atoms with E-state index in [0.717, 1.165) is 6.20 Å². The highest BCUT2D eigenvalue weighted by molar-refractivity contribution is 9.10. The molecule has 1 unspecified atom stereocenters. The second-order valence-corrected chi connectivity index (χ2v) is 4.82. The summed E-state index contributed by atoms with van der Waals surface area (Å²) in [6.45, 7) is 1.83. The number of rotatable bonds is 7. The molecule has 0 radical (unpaired) electrons. The van der Waals surface area contributed by atoms with Gasteiger partial charge in [0.05, 0.1) is 21.9 Å². The molecule has 0 aromatic carbocycles. The topological polar surface area (TPSA) is 115 Å². The van der Waals surface area contributed by atoms with Crippen molar-refractivity contribution in [2.75, 3.05) is 19.0 Å². The average Bonchev–Trinajstić information content (AvgIpc) is 2.37. The van der Waals surface area contributed by atoms with Gasteiger partial charge in [0.2, 0.25) is 0 Å². The number of anilines is 1. The number of hydrogen-bond donors (Lipinski definition) is 2. The number of pyridine rings is 1. The van der Waals surface area contributed by atoms with E-state index in [0.29, 0.717) is 15.9 Å². The van der Waals surface area contributed by atoms with Crippen molar-refractivity contribution >= 4 is 33.4 Å². The third kappa shape index (κ3) is 4.14. The molecule has 0 amide bonds. The summed E-state index contributed by atoms with van der Waals surface area (Å²) in [5.74, 6) is -0.564. The quantitative estimate of drug-likeness (QED) is 0.572. The molecule has 0 saturated heterocycles. The third-order valence-electron chi connectivity index (χ3n) is 2.67. The van der Waals surface area contributed by atoms with Crippen molar-refractivity contribution in [2.24, 2.45) is 0 Å². The lowest BCUT2D eigenvalue weighted by Crippen LogP contribution is -2.25. The summed E-state index contributed by atoms with van der Waals surface area (Å²) >= 11 is 3.24. The van der Waals surface area contributed by atoms with E-state index >= 15 is 0 Å². The average molecular weight is 348 g/mol. The standard InChI is InChI=1S/C11H14BrN3O5/c1-6-8(15(18)19)5-14-11(10(6)12)13-4-7(20-2)3-9(16)17/h5,7H,3-4H2,1-2H3,(H,13,14)(H,16,17). The fourth-order valence-corrected chi connectivity index (χ4v) is 1.97. The van der Waals surface area contributed by atoms with E-state index in [4.69, 9.17) is 9.84 Å². The number of halogens is 1. The Kier molecular flexibility index (Phi) is 5.83. The first kappa shape index (κ1) is 16.3. The van der Waals surface area contributed by atoms with Crippen LogP contribution in [0.1, 0.15) is 12.0 Å². The van der Waals surface area contributed by atoms with Crippen molar-refractivity contribution < 1.29 is 19.6 Å². The molecule has 0 aliphatic carbocycles. The van der Waals surface area contributed by atoms with Gasteiger partial charge in [-0.2, -0.15) is 0 Å². The number of carbonyl (C=O) groups is 1. The van der Waals surface area contributed by atoms with Crippen LogP contribution in [-0.2, 0) is 9.53 Å². The van der Waals surface area contributed by atoms with E-state index in [1.165, 1.54) is 7.11 Å². The van der Waals surface area contributed by atoms with Gasteiger partial charge in [-0.25, -0.2) is 4.98 Å². The van der Waals surface area contributed by atoms with Crippen LogP contribution in [0.15, 0.2) is 10.7 Å². The molecule has 8 nitrogen and oxygen atoms in total. The van der Waals surface area contributed by atoms with Crippen molar-refractivity contribution in [3.05, 3.63) is 26.3 Å². The van der Waals surface area contributed by atoms with Crippen LogP contribution < -0.4 is 5.32 Å². The first-order valence-corrected chi connectivity index (χ1v) is 6.44. The molecule has 0 bridgehead atoms.